The largest absolute Gasteiger partial charge is 0.507 e. The van der Waals surface area contributed by atoms with Gasteiger partial charge in [0.25, 0.3) is 0 Å². The third-order valence-corrected chi connectivity index (χ3v) is 4.11. The van der Waals surface area contributed by atoms with Crippen LogP contribution in [0.4, 0.5) is 5.69 Å². The van der Waals surface area contributed by atoms with E-state index in [0.29, 0.717) is 5.75 Å². The van der Waals surface area contributed by atoms with E-state index >= 15 is 0 Å². The Balaban J connectivity index is 2.66. The van der Waals surface area contributed by atoms with Crippen molar-refractivity contribution in [1.82, 2.24) is 5.48 Å². The lowest BCUT2D eigenvalue weighted by Crippen LogP contribution is -2.42. The first kappa shape index (κ1) is 14.2. The van der Waals surface area contributed by atoms with Gasteiger partial charge >= 0.3 is 0 Å². The summed E-state index contributed by atoms with van der Waals surface area (Å²) in [6, 6.07) is 0.0847. The Morgan fingerprint density at radius 2 is 1.84 bits per heavy atom. The van der Waals surface area contributed by atoms with Crippen LogP contribution in [0, 0.1) is 20.8 Å². The third-order valence-electron chi connectivity index (χ3n) is 4.11. The number of hydrogen-bond donors (Lipinski definition) is 3. The average molecular weight is 264 g/mol. The summed E-state index contributed by atoms with van der Waals surface area (Å²) in [6.07, 6.45) is 0.899. The fourth-order valence-corrected chi connectivity index (χ4v) is 3.00. The summed E-state index contributed by atoms with van der Waals surface area (Å²) in [7, 11) is 1.63. The zero-order valence-electron chi connectivity index (χ0n) is 12.6. The number of benzene rings is 1. The molecule has 0 saturated heterocycles. The summed E-state index contributed by atoms with van der Waals surface area (Å²) in [5.74, 6) is 0.389. The van der Waals surface area contributed by atoms with Gasteiger partial charge in [-0.05, 0) is 57.7 Å². The lowest BCUT2D eigenvalue weighted by molar-refractivity contribution is 0.0510. The molecule has 0 aromatic heterocycles. The topological polar surface area (TPSA) is 53.5 Å². The SMILES string of the molecule is CONC1CC(C)(C)Nc2c(C)c(C)c(O)c(C)c21. The molecule has 1 aliphatic heterocycles. The summed E-state index contributed by atoms with van der Waals surface area (Å²) >= 11 is 0. The zero-order chi connectivity index (χ0) is 14.4. The van der Waals surface area contributed by atoms with Crippen molar-refractivity contribution in [2.24, 2.45) is 0 Å². The predicted octanol–water partition coefficient (Wildman–Crippen LogP) is 3.10. The molecule has 0 radical (unpaired) electrons. The second kappa shape index (κ2) is 4.69. The van der Waals surface area contributed by atoms with Crippen LogP contribution in [0.5, 0.6) is 5.75 Å². The normalized spacial score (nSPS) is 20.8. The van der Waals surface area contributed by atoms with Crippen LogP contribution in [0.25, 0.3) is 0 Å². The number of anilines is 1. The van der Waals surface area contributed by atoms with E-state index in [0.717, 1.165) is 34.4 Å². The molecule has 3 N–H and O–H groups in total. The number of hydroxylamine groups is 1. The summed E-state index contributed by atoms with van der Waals surface area (Å²) in [4.78, 5) is 5.14. The lowest BCUT2D eigenvalue weighted by Gasteiger charge is -2.41. The number of hydrogen-bond acceptors (Lipinski definition) is 4. The van der Waals surface area contributed by atoms with Crippen LogP contribution in [0.3, 0.4) is 0 Å². The summed E-state index contributed by atoms with van der Waals surface area (Å²) < 4.78 is 0. The Kier molecular flexibility index (Phi) is 3.49. The van der Waals surface area contributed by atoms with E-state index in [1.165, 1.54) is 0 Å². The number of rotatable bonds is 2. The summed E-state index contributed by atoms with van der Waals surface area (Å²) in [5, 5.41) is 13.9. The molecule has 106 valence electrons. The first-order chi connectivity index (χ1) is 8.78. The van der Waals surface area contributed by atoms with Gasteiger partial charge in [0.2, 0.25) is 0 Å². The molecule has 0 spiro atoms. The minimum absolute atomic E-state index is 0.0101. The molecule has 1 heterocycles. The van der Waals surface area contributed by atoms with Crippen LogP contribution in [-0.4, -0.2) is 17.8 Å². The van der Waals surface area contributed by atoms with E-state index in [9.17, 15) is 5.11 Å². The van der Waals surface area contributed by atoms with E-state index in [-0.39, 0.29) is 11.6 Å². The summed E-state index contributed by atoms with van der Waals surface area (Å²) in [5.41, 5.74) is 8.26. The number of nitrogens with one attached hydrogen (secondary N) is 2. The highest BCUT2D eigenvalue weighted by molar-refractivity contribution is 5.70. The molecule has 0 fully saturated rings. The van der Waals surface area contributed by atoms with Gasteiger partial charge in [0.15, 0.2) is 0 Å². The van der Waals surface area contributed by atoms with Crippen molar-refractivity contribution < 1.29 is 9.94 Å². The molecule has 1 unspecified atom stereocenters. The van der Waals surface area contributed by atoms with Crippen molar-refractivity contribution in [2.75, 3.05) is 12.4 Å². The van der Waals surface area contributed by atoms with Crippen molar-refractivity contribution in [2.45, 2.75) is 52.6 Å². The second-order valence-electron chi connectivity index (χ2n) is 6.10. The van der Waals surface area contributed by atoms with Gasteiger partial charge in [-0.1, -0.05) is 0 Å². The number of fused-ring (bicyclic) bond motifs is 1. The van der Waals surface area contributed by atoms with Gasteiger partial charge in [-0.2, -0.15) is 5.48 Å². The van der Waals surface area contributed by atoms with Crippen LogP contribution >= 0.6 is 0 Å². The van der Waals surface area contributed by atoms with Gasteiger partial charge in [0.05, 0.1) is 13.2 Å². The smallest absolute Gasteiger partial charge is 0.122 e. The van der Waals surface area contributed by atoms with Crippen LogP contribution in [0.15, 0.2) is 0 Å². The molecule has 0 bridgehead atoms. The van der Waals surface area contributed by atoms with Gasteiger partial charge in [0, 0.05) is 16.8 Å². The molecule has 4 heteroatoms. The van der Waals surface area contributed by atoms with Crippen molar-refractivity contribution in [3.05, 3.63) is 22.3 Å². The minimum atomic E-state index is -0.0101. The van der Waals surface area contributed by atoms with Crippen LogP contribution in [0.2, 0.25) is 0 Å². The molecular formula is C15H24N2O2. The van der Waals surface area contributed by atoms with Crippen molar-refractivity contribution in [1.29, 1.82) is 0 Å². The van der Waals surface area contributed by atoms with E-state index in [1.54, 1.807) is 7.11 Å². The molecular weight excluding hydrogens is 240 g/mol. The van der Waals surface area contributed by atoms with Gasteiger partial charge < -0.3 is 15.3 Å². The molecule has 1 aromatic carbocycles. The predicted molar refractivity (Wildman–Crippen MR) is 77.5 cm³/mol. The molecule has 1 aliphatic rings. The van der Waals surface area contributed by atoms with Gasteiger partial charge in [-0.25, -0.2) is 0 Å². The molecule has 4 nitrogen and oxygen atoms in total. The van der Waals surface area contributed by atoms with Crippen LogP contribution < -0.4 is 10.8 Å². The van der Waals surface area contributed by atoms with Gasteiger partial charge in [-0.3, -0.25) is 0 Å². The maximum atomic E-state index is 10.3. The Hall–Kier alpha value is -1.26. The Bertz CT molecular complexity index is 510. The van der Waals surface area contributed by atoms with Crippen molar-refractivity contribution in [3.8, 4) is 5.75 Å². The van der Waals surface area contributed by atoms with Crippen molar-refractivity contribution in [3.63, 3.8) is 0 Å². The zero-order valence-corrected chi connectivity index (χ0v) is 12.6. The highest BCUT2D eigenvalue weighted by Gasteiger charge is 2.35. The maximum absolute atomic E-state index is 10.3. The molecule has 2 rings (SSSR count). The van der Waals surface area contributed by atoms with Crippen LogP contribution in [-0.2, 0) is 4.84 Å². The minimum Gasteiger partial charge on any atom is -0.507 e. The maximum Gasteiger partial charge on any atom is 0.122 e. The highest BCUT2D eigenvalue weighted by Crippen LogP contribution is 2.45. The Labute approximate surface area is 115 Å². The average Bonchev–Trinajstić information content (AvgIpc) is 2.32. The van der Waals surface area contributed by atoms with E-state index in [4.69, 9.17) is 4.84 Å². The van der Waals surface area contributed by atoms with Crippen LogP contribution in [0.1, 0.15) is 48.6 Å². The first-order valence-corrected chi connectivity index (χ1v) is 6.68. The van der Waals surface area contributed by atoms with E-state index < -0.39 is 0 Å². The molecule has 0 aliphatic carbocycles. The first-order valence-electron chi connectivity index (χ1n) is 6.68. The monoisotopic (exact) mass is 264 g/mol. The molecule has 1 aromatic rings. The molecule has 0 amide bonds. The van der Waals surface area contributed by atoms with Gasteiger partial charge in [0.1, 0.15) is 5.75 Å². The fraction of sp³-hybridized carbons (Fsp3) is 0.600. The quantitative estimate of drug-likeness (QED) is 0.567. The Morgan fingerprint density at radius 1 is 1.21 bits per heavy atom. The molecule has 19 heavy (non-hydrogen) atoms. The lowest BCUT2D eigenvalue weighted by atomic mass is 9.81. The van der Waals surface area contributed by atoms with Crippen molar-refractivity contribution >= 4 is 5.69 Å². The highest BCUT2D eigenvalue weighted by atomic mass is 16.6. The number of phenolic OH excluding ortho intramolecular Hbond substituents is 1. The van der Waals surface area contributed by atoms with E-state index in [1.807, 2.05) is 20.8 Å². The van der Waals surface area contributed by atoms with E-state index in [2.05, 4.69) is 24.6 Å². The molecule has 1 atom stereocenters. The molecule has 0 saturated carbocycles. The second-order valence-corrected chi connectivity index (χ2v) is 6.10. The summed E-state index contributed by atoms with van der Waals surface area (Å²) in [6.45, 7) is 10.3. The number of phenols is 1. The third kappa shape index (κ3) is 2.30. The van der Waals surface area contributed by atoms with Gasteiger partial charge in [-0.15, -0.1) is 0 Å². The Morgan fingerprint density at radius 3 is 2.42 bits per heavy atom. The standard InChI is InChI=1S/C15H24N2O2/c1-8-9(2)14(18)10(3)12-11(17-19-6)7-15(4,5)16-13(8)12/h11,16-18H,7H2,1-6H3. The fourth-order valence-electron chi connectivity index (χ4n) is 3.00. The number of aromatic hydroxyl groups is 1.